The van der Waals surface area contributed by atoms with Gasteiger partial charge in [-0.15, -0.1) is 0 Å². The highest BCUT2D eigenvalue weighted by Crippen LogP contribution is 2.10. The van der Waals surface area contributed by atoms with Crippen molar-refractivity contribution in [3.63, 3.8) is 0 Å². The minimum atomic E-state index is 0.813. The molecular weight excluding hydrogens is 180 g/mol. The van der Waals surface area contributed by atoms with Gasteiger partial charge in [-0.25, -0.2) is 0 Å². The van der Waals surface area contributed by atoms with Gasteiger partial charge in [-0.1, -0.05) is 6.92 Å². The highest BCUT2D eigenvalue weighted by atomic mass is 32.2. The summed E-state index contributed by atoms with van der Waals surface area (Å²) in [5, 5.41) is 3.33. The normalized spacial score (nSPS) is 9.92. The van der Waals surface area contributed by atoms with Crippen LogP contribution >= 0.6 is 11.8 Å². The third kappa shape index (κ3) is 4.08. The summed E-state index contributed by atoms with van der Waals surface area (Å²) in [4.78, 5) is 0. The van der Waals surface area contributed by atoms with Crippen LogP contribution in [0.15, 0.2) is 24.3 Å². The van der Waals surface area contributed by atoms with Crippen LogP contribution < -0.4 is 11.1 Å². The average molecular weight is 196 g/mol. The van der Waals surface area contributed by atoms with E-state index < -0.39 is 0 Å². The van der Waals surface area contributed by atoms with E-state index >= 15 is 0 Å². The van der Waals surface area contributed by atoms with Crippen LogP contribution in [0.5, 0.6) is 0 Å². The van der Waals surface area contributed by atoms with Gasteiger partial charge in [0.05, 0.1) is 0 Å². The van der Waals surface area contributed by atoms with E-state index in [1.54, 1.807) is 0 Å². The van der Waals surface area contributed by atoms with Crippen molar-refractivity contribution in [2.24, 2.45) is 0 Å². The molecule has 0 spiro atoms. The number of hydrogen-bond acceptors (Lipinski definition) is 3. The second-order valence-electron chi connectivity index (χ2n) is 2.75. The van der Waals surface area contributed by atoms with Crippen LogP contribution in [-0.4, -0.2) is 18.1 Å². The highest BCUT2D eigenvalue weighted by molar-refractivity contribution is 7.99. The molecular formula is C10H16N2S. The molecule has 0 radical (unpaired) electrons. The van der Waals surface area contributed by atoms with Crippen LogP contribution in [0.3, 0.4) is 0 Å². The van der Waals surface area contributed by atoms with Gasteiger partial charge in [0.1, 0.15) is 0 Å². The van der Waals surface area contributed by atoms with E-state index in [0.717, 1.165) is 23.7 Å². The molecule has 0 heterocycles. The second-order valence-corrected chi connectivity index (χ2v) is 4.14. The Hall–Kier alpha value is -0.830. The molecule has 0 aromatic heterocycles. The topological polar surface area (TPSA) is 38.0 Å². The van der Waals surface area contributed by atoms with Crippen molar-refractivity contribution in [1.29, 1.82) is 0 Å². The summed E-state index contributed by atoms with van der Waals surface area (Å²) in [6, 6.07) is 7.84. The summed E-state index contributed by atoms with van der Waals surface area (Å²) in [6.07, 6.45) is 0. The average Bonchev–Trinajstić information content (AvgIpc) is 2.15. The summed E-state index contributed by atoms with van der Waals surface area (Å²) in [6.45, 7) is 3.19. The molecule has 0 aliphatic carbocycles. The molecule has 0 amide bonds. The smallest absolute Gasteiger partial charge is 0.0341 e. The van der Waals surface area contributed by atoms with Gasteiger partial charge in [-0.2, -0.15) is 11.8 Å². The number of nitrogens with two attached hydrogens (primary N) is 1. The lowest BCUT2D eigenvalue weighted by Gasteiger charge is -2.05. The minimum Gasteiger partial charge on any atom is -0.399 e. The summed E-state index contributed by atoms with van der Waals surface area (Å²) in [5.41, 5.74) is 7.53. The van der Waals surface area contributed by atoms with Gasteiger partial charge in [0.2, 0.25) is 0 Å². The monoisotopic (exact) mass is 196 g/mol. The Balaban J connectivity index is 2.25. The first kappa shape index (κ1) is 10.3. The second kappa shape index (κ2) is 5.75. The third-order valence-corrected chi connectivity index (χ3v) is 2.59. The molecule has 0 atom stereocenters. The number of thioether (sulfide) groups is 1. The van der Waals surface area contributed by atoms with E-state index in [1.165, 1.54) is 5.75 Å². The van der Waals surface area contributed by atoms with Crippen molar-refractivity contribution in [1.82, 2.24) is 0 Å². The number of hydrogen-bond donors (Lipinski definition) is 2. The lowest BCUT2D eigenvalue weighted by Crippen LogP contribution is -2.03. The zero-order valence-corrected chi connectivity index (χ0v) is 8.73. The van der Waals surface area contributed by atoms with E-state index in [0.29, 0.717) is 0 Å². The third-order valence-electron chi connectivity index (χ3n) is 1.69. The van der Waals surface area contributed by atoms with Crippen molar-refractivity contribution in [2.45, 2.75) is 6.92 Å². The van der Waals surface area contributed by atoms with Gasteiger partial charge in [-0.05, 0) is 30.0 Å². The number of anilines is 2. The molecule has 2 nitrogen and oxygen atoms in total. The van der Waals surface area contributed by atoms with E-state index in [-0.39, 0.29) is 0 Å². The Morgan fingerprint density at radius 3 is 2.62 bits per heavy atom. The molecule has 1 aromatic rings. The Morgan fingerprint density at radius 2 is 2.00 bits per heavy atom. The summed E-state index contributed by atoms with van der Waals surface area (Å²) < 4.78 is 0. The number of nitrogen functional groups attached to an aromatic ring is 1. The van der Waals surface area contributed by atoms with E-state index in [1.807, 2.05) is 36.0 Å². The molecule has 0 aliphatic heterocycles. The van der Waals surface area contributed by atoms with Gasteiger partial charge in [-0.3, -0.25) is 0 Å². The van der Waals surface area contributed by atoms with Gasteiger partial charge >= 0.3 is 0 Å². The standard InChI is InChI=1S/C10H16N2S/c1-2-13-8-7-12-10-5-3-9(11)4-6-10/h3-6,12H,2,7-8,11H2,1H3. The fourth-order valence-corrected chi connectivity index (χ4v) is 1.55. The fourth-order valence-electron chi connectivity index (χ4n) is 1.01. The molecule has 72 valence electrons. The zero-order valence-electron chi connectivity index (χ0n) is 7.92. The maximum atomic E-state index is 5.57. The van der Waals surface area contributed by atoms with Crippen molar-refractivity contribution < 1.29 is 0 Å². The quantitative estimate of drug-likeness (QED) is 0.561. The lowest BCUT2D eigenvalue weighted by molar-refractivity contribution is 1.23. The van der Waals surface area contributed by atoms with Crippen LogP contribution in [0.1, 0.15) is 6.92 Å². The van der Waals surface area contributed by atoms with Crippen LogP contribution in [0, 0.1) is 0 Å². The molecule has 1 aromatic carbocycles. The molecule has 3 N–H and O–H groups in total. The largest absolute Gasteiger partial charge is 0.399 e. The Morgan fingerprint density at radius 1 is 1.31 bits per heavy atom. The van der Waals surface area contributed by atoms with Crippen molar-refractivity contribution in [3.05, 3.63) is 24.3 Å². The molecule has 0 aliphatic rings. The molecule has 0 fully saturated rings. The Kier molecular flexibility index (Phi) is 4.54. The predicted octanol–water partition coefficient (Wildman–Crippen LogP) is 2.43. The van der Waals surface area contributed by atoms with Gasteiger partial charge in [0.25, 0.3) is 0 Å². The zero-order chi connectivity index (χ0) is 9.52. The van der Waals surface area contributed by atoms with Gasteiger partial charge in [0.15, 0.2) is 0 Å². The van der Waals surface area contributed by atoms with E-state index in [2.05, 4.69) is 12.2 Å². The molecule has 0 saturated carbocycles. The van der Waals surface area contributed by atoms with Gasteiger partial charge in [0, 0.05) is 23.7 Å². The highest BCUT2D eigenvalue weighted by Gasteiger charge is 1.90. The molecule has 0 bridgehead atoms. The van der Waals surface area contributed by atoms with Crippen LogP contribution in [0.2, 0.25) is 0 Å². The Bertz CT molecular complexity index is 233. The number of nitrogens with one attached hydrogen (secondary N) is 1. The fraction of sp³-hybridized carbons (Fsp3) is 0.400. The molecule has 13 heavy (non-hydrogen) atoms. The maximum absolute atomic E-state index is 5.57. The first-order valence-electron chi connectivity index (χ1n) is 4.50. The Labute approximate surface area is 83.9 Å². The lowest BCUT2D eigenvalue weighted by atomic mass is 10.3. The summed E-state index contributed by atoms with van der Waals surface area (Å²) >= 11 is 1.94. The van der Waals surface area contributed by atoms with Crippen LogP contribution in [-0.2, 0) is 0 Å². The number of rotatable bonds is 5. The molecule has 0 saturated heterocycles. The number of benzene rings is 1. The van der Waals surface area contributed by atoms with Crippen molar-refractivity contribution in [3.8, 4) is 0 Å². The predicted molar refractivity (Wildman–Crippen MR) is 62.3 cm³/mol. The van der Waals surface area contributed by atoms with Crippen LogP contribution in [0.4, 0.5) is 11.4 Å². The summed E-state index contributed by atoms with van der Waals surface area (Å²) in [5.74, 6) is 2.34. The summed E-state index contributed by atoms with van der Waals surface area (Å²) in [7, 11) is 0. The minimum absolute atomic E-state index is 0.813. The van der Waals surface area contributed by atoms with Crippen molar-refractivity contribution in [2.75, 3.05) is 29.1 Å². The molecule has 3 heteroatoms. The molecule has 0 unspecified atom stereocenters. The SMILES string of the molecule is CCSCCNc1ccc(N)cc1. The van der Waals surface area contributed by atoms with Gasteiger partial charge < -0.3 is 11.1 Å². The maximum Gasteiger partial charge on any atom is 0.0341 e. The van der Waals surface area contributed by atoms with Crippen molar-refractivity contribution >= 4 is 23.1 Å². The molecule has 1 rings (SSSR count). The van der Waals surface area contributed by atoms with Crippen LogP contribution in [0.25, 0.3) is 0 Å². The van der Waals surface area contributed by atoms with E-state index in [4.69, 9.17) is 5.73 Å². The van der Waals surface area contributed by atoms with E-state index in [9.17, 15) is 0 Å². The first-order valence-corrected chi connectivity index (χ1v) is 5.65. The first-order chi connectivity index (χ1) is 6.33.